The summed E-state index contributed by atoms with van der Waals surface area (Å²) in [4.78, 5) is 44.2. The van der Waals surface area contributed by atoms with Crippen molar-refractivity contribution in [1.82, 2.24) is 9.47 Å². The van der Waals surface area contributed by atoms with Gasteiger partial charge in [-0.1, -0.05) is 13.0 Å². The molecule has 2 bridgehead atoms. The first-order valence-electron chi connectivity index (χ1n) is 15.3. The number of nitrogens with one attached hydrogen (secondary N) is 1. The number of likely N-dealkylation sites (tertiary alicyclic amines) is 1. The van der Waals surface area contributed by atoms with E-state index in [2.05, 4.69) is 17.1 Å². The molecular weight excluding hydrogens is 560 g/mol. The van der Waals surface area contributed by atoms with E-state index in [1.165, 1.54) is 21.3 Å². The molecule has 0 saturated carbocycles. The van der Waals surface area contributed by atoms with Crippen LogP contribution in [0.4, 0.5) is 11.4 Å². The lowest BCUT2D eigenvalue weighted by atomic mass is 9.83. The van der Waals surface area contributed by atoms with Gasteiger partial charge in [0.05, 0.1) is 32.7 Å². The number of carbonyl (C=O) groups is 2. The average Bonchev–Trinajstić information content (AvgIpc) is 3.04. The molecular formula is C34H40N4O6. The molecule has 44 heavy (non-hydrogen) atoms. The smallest absolute Gasteiger partial charge is 0.255 e. The minimum absolute atomic E-state index is 0.0322. The third-order valence-corrected chi connectivity index (χ3v) is 9.18. The minimum atomic E-state index is -0.365. The lowest BCUT2D eigenvalue weighted by molar-refractivity contribution is 0.0683. The Balaban J connectivity index is 1.36. The number of nitrogens with zero attached hydrogens (tertiary/aromatic N) is 3. The fourth-order valence-electron chi connectivity index (χ4n) is 7.10. The highest BCUT2D eigenvalue weighted by atomic mass is 16.5. The van der Waals surface area contributed by atoms with Crippen molar-refractivity contribution in [3.63, 3.8) is 0 Å². The number of fused-ring (bicyclic) bond motifs is 4. The second kappa shape index (κ2) is 12.3. The van der Waals surface area contributed by atoms with Gasteiger partial charge in [0.1, 0.15) is 0 Å². The summed E-state index contributed by atoms with van der Waals surface area (Å²) in [5.41, 5.74) is 3.36. The van der Waals surface area contributed by atoms with Gasteiger partial charge in [-0.2, -0.15) is 0 Å². The maximum atomic E-state index is 13.8. The van der Waals surface area contributed by atoms with E-state index in [0.29, 0.717) is 53.1 Å². The molecule has 3 unspecified atom stereocenters. The number of methoxy groups -OCH3 is 3. The van der Waals surface area contributed by atoms with Crippen molar-refractivity contribution in [1.29, 1.82) is 0 Å². The number of benzene rings is 2. The molecule has 0 spiro atoms. The van der Waals surface area contributed by atoms with Gasteiger partial charge < -0.3 is 33.9 Å². The third kappa shape index (κ3) is 5.60. The second-order valence-electron chi connectivity index (χ2n) is 12.2. The number of ether oxygens (including phenoxy) is 3. The SMILES string of the molecule is COc1cc(C(=O)Nc2cc(C(=O)N3CCCC(C)C3)ccc2N2CC3CC(C2)c2cccc(=O)n2C3)cc(OC)c1OC. The number of pyridine rings is 1. The number of anilines is 2. The lowest BCUT2D eigenvalue weighted by Crippen LogP contribution is -2.47. The summed E-state index contributed by atoms with van der Waals surface area (Å²) in [5.74, 6) is 1.67. The van der Waals surface area contributed by atoms with Gasteiger partial charge in [-0.05, 0) is 67.5 Å². The summed E-state index contributed by atoms with van der Waals surface area (Å²) in [7, 11) is 4.53. The topological polar surface area (TPSA) is 102 Å². The fourth-order valence-corrected chi connectivity index (χ4v) is 7.10. The second-order valence-corrected chi connectivity index (χ2v) is 12.2. The largest absolute Gasteiger partial charge is 0.493 e. The van der Waals surface area contributed by atoms with E-state index in [9.17, 15) is 14.4 Å². The molecule has 0 aliphatic carbocycles. The van der Waals surface area contributed by atoms with E-state index in [1.54, 1.807) is 24.3 Å². The van der Waals surface area contributed by atoms with Crippen LogP contribution in [0.15, 0.2) is 53.3 Å². The van der Waals surface area contributed by atoms with E-state index < -0.39 is 0 Å². The Hall–Kier alpha value is -4.47. The van der Waals surface area contributed by atoms with Crippen LogP contribution < -0.4 is 30.0 Å². The van der Waals surface area contributed by atoms with Crippen LogP contribution in [-0.2, 0) is 6.54 Å². The van der Waals surface area contributed by atoms with Crippen LogP contribution in [-0.4, -0.2) is 68.8 Å². The Labute approximate surface area is 257 Å². The molecule has 3 aliphatic heterocycles. The van der Waals surface area contributed by atoms with Crippen LogP contribution in [0.2, 0.25) is 0 Å². The van der Waals surface area contributed by atoms with Crippen LogP contribution >= 0.6 is 0 Å². The van der Waals surface area contributed by atoms with Gasteiger partial charge in [-0.3, -0.25) is 14.4 Å². The number of carbonyl (C=O) groups excluding carboxylic acids is 2. The molecule has 6 rings (SSSR count). The lowest BCUT2D eigenvalue weighted by Gasteiger charge is -2.44. The quantitative estimate of drug-likeness (QED) is 0.422. The van der Waals surface area contributed by atoms with Gasteiger partial charge in [-0.15, -0.1) is 0 Å². The number of amides is 2. The molecule has 3 atom stereocenters. The summed E-state index contributed by atoms with van der Waals surface area (Å²) in [6, 6.07) is 14.3. The Kier molecular flexibility index (Phi) is 8.25. The number of rotatable bonds is 7. The molecule has 0 radical (unpaired) electrons. The van der Waals surface area contributed by atoms with Gasteiger partial charge in [0.25, 0.3) is 17.4 Å². The van der Waals surface area contributed by atoms with Crippen molar-refractivity contribution in [3.05, 3.63) is 75.7 Å². The highest BCUT2D eigenvalue weighted by Gasteiger charge is 2.35. The summed E-state index contributed by atoms with van der Waals surface area (Å²) in [5, 5.41) is 3.11. The van der Waals surface area contributed by atoms with E-state index in [-0.39, 0.29) is 29.2 Å². The Bertz CT molecular complexity index is 1610. The maximum absolute atomic E-state index is 13.8. The minimum Gasteiger partial charge on any atom is -0.493 e. The highest BCUT2D eigenvalue weighted by Crippen LogP contribution is 2.41. The van der Waals surface area contributed by atoms with E-state index in [1.807, 2.05) is 33.7 Å². The average molecular weight is 601 g/mol. The van der Waals surface area contributed by atoms with E-state index in [4.69, 9.17) is 14.2 Å². The normalized spacial score (nSPS) is 20.9. The zero-order valence-electron chi connectivity index (χ0n) is 25.8. The van der Waals surface area contributed by atoms with Crippen molar-refractivity contribution in [2.45, 2.75) is 38.6 Å². The van der Waals surface area contributed by atoms with Gasteiger partial charge in [0, 0.05) is 61.5 Å². The van der Waals surface area contributed by atoms with Crippen LogP contribution in [0.5, 0.6) is 17.2 Å². The molecule has 3 aliphatic rings. The van der Waals surface area contributed by atoms with E-state index >= 15 is 0 Å². The van der Waals surface area contributed by atoms with Gasteiger partial charge in [0.2, 0.25) is 5.75 Å². The molecule has 10 heteroatoms. The predicted octanol–water partition coefficient (Wildman–Crippen LogP) is 4.62. The monoisotopic (exact) mass is 600 g/mol. The molecule has 10 nitrogen and oxygen atoms in total. The Morgan fingerprint density at radius 2 is 1.66 bits per heavy atom. The summed E-state index contributed by atoms with van der Waals surface area (Å²) >= 11 is 0. The van der Waals surface area contributed by atoms with Crippen molar-refractivity contribution in [2.75, 3.05) is 57.7 Å². The maximum Gasteiger partial charge on any atom is 0.255 e. The van der Waals surface area contributed by atoms with Gasteiger partial charge in [-0.25, -0.2) is 0 Å². The van der Waals surface area contributed by atoms with Crippen LogP contribution in [0.3, 0.4) is 0 Å². The molecule has 1 N–H and O–H groups in total. The highest BCUT2D eigenvalue weighted by molar-refractivity contribution is 6.08. The van der Waals surface area contributed by atoms with Crippen molar-refractivity contribution >= 4 is 23.2 Å². The fraction of sp³-hybridized carbons (Fsp3) is 0.441. The summed E-state index contributed by atoms with van der Waals surface area (Å²) in [6.45, 7) is 5.73. The molecule has 2 fully saturated rings. The summed E-state index contributed by atoms with van der Waals surface area (Å²) < 4.78 is 18.3. The van der Waals surface area contributed by atoms with Gasteiger partial charge in [0.15, 0.2) is 11.5 Å². The molecule has 2 saturated heterocycles. The van der Waals surface area contributed by atoms with E-state index in [0.717, 1.165) is 50.3 Å². The van der Waals surface area contributed by atoms with Gasteiger partial charge >= 0.3 is 0 Å². The van der Waals surface area contributed by atoms with Crippen molar-refractivity contribution < 1.29 is 23.8 Å². The van der Waals surface area contributed by atoms with Crippen LogP contribution in [0, 0.1) is 11.8 Å². The first-order valence-corrected chi connectivity index (χ1v) is 15.3. The summed E-state index contributed by atoms with van der Waals surface area (Å²) in [6.07, 6.45) is 3.11. The number of hydrogen-bond donors (Lipinski definition) is 1. The first-order chi connectivity index (χ1) is 21.3. The molecule has 2 amide bonds. The molecule has 232 valence electrons. The van der Waals surface area contributed by atoms with Crippen LogP contribution in [0.1, 0.15) is 58.5 Å². The Morgan fingerprint density at radius 1 is 0.886 bits per heavy atom. The number of aromatic nitrogens is 1. The predicted molar refractivity (Wildman–Crippen MR) is 169 cm³/mol. The Morgan fingerprint density at radius 3 is 2.36 bits per heavy atom. The van der Waals surface area contributed by atoms with Crippen molar-refractivity contribution in [2.24, 2.45) is 11.8 Å². The zero-order chi connectivity index (χ0) is 31.0. The zero-order valence-corrected chi connectivity index (χ0v) is 25.8. The molecule has 4 heterocycles. The number of hydrogen-bond acceptors (Lipinski definition) is 7. The standard InChI is InChI=1S/C34H40N4O6/c1-21-7-6-12-36(17-21)34(41)23-10-11-28(37-18-22-13-25(20-37)27-8-5-9-31(39)38(27)19-22)26(14-23)35-33(40)24-15-29(42-2)32(44-4)30(16-24)43-3/h5,8-11,14-16,21-22,25H,6-7,12-13,17-20H2,1-4H3,(H,35,40). The number of piperidine rings is 2. The first kappa shape index (κ1) is 29.6. The molecule has 2 aromatic carbocycles. The molecule has 1 aromatic heterocycles. The third-order valence-electron chi connectivity index (χ3n) is 9.18. The van der Waals surface area contributed by atoms with Crippen molar-refractivity contribution in [3.8, 4) is 17.2 Å². The van der Waals surface area contributed by atoms with Crippen LogP contribution in [0.25, 0.3) is 0 Å². The molecule has 3 aromatic rings.